The summed E-state index contributed by atoms with van der Waals surface area (Å²) in [5.41, 5.74) is -0.947. The molecule has 0 aromatic rings. The monoisotopic (exact) mass is 628 g/mol. The van der Waals surface area contributed by atoms with E-state index in [2.05, 4.69) is 0 Å². The Morgan fingerprint density at radius 1 is 0.800 bits per heavy atom. The lowest BCUT2D eigenvalue weighted by molar-refractivity contribution is -0.408. The smallest absolute Gasteiger partial charge is 0.348 e. The number of esters is 5. The lowest BCUT2D eigenvalue weighted by Crippen LogP contribution is -2.55. The molecule has 0 N–H and O–H groups in total. The zero-order valence-electron chi connectivity index (χ0n) is 24.8. The number of ether oxygens (including phenoxy) is 7. The molecular weight excluding hydrogens is 596 g/mol. The van der Waals surface area contributed by atoms with Crippen molar-refractivity contribution in [1.82, 2.24) is 0 Å². The molecule has 5 rings (SSSR count). The van der Waals surface area contributed by atoms with Crippen molar-refractivity contribution in [3.63, 3.8) is 0 Å². The normalized spacial score (nSPS) is 32.0. The standard InChI is InChI=1S/C31H34O14/c1-3-39-22(32)17-19-9-7-8-12-31(19)44-27(37)21(28(38)45-31)11-6-4-5-10-20-25(35)42-30(43-26(20)36)15-13-29(14-16-30)40-23(33)18(2)24(34)41-29/h4-6,10-11,19,33,37H,3,7-9,12-17H2,1-2H3/p-2/b5-4+,11-6+,20-10?. The molecule has 2 atom stereocenters. The molecule has 14 nitrogen and oxygen atoms in total. The van der Waals surface area contributed by atoms with Crippen LogP contribution in [-0.2, 0) is 57.1 Å². The fourth-order valence-electron chi connectivity index (χ4n) is 5.87. The minimum absolute atomic E-state index is 0.0427. The third-order valence-electron chi connectivity index (χ3n) is 8.33. The molecule has 2 unspecified atom stereocenters. The molecule has 0 amide bonds. The van der Waals surface area contributed by atoms with Gasteiger partial charge in [-0.25, -0.2) is 19.2 Å². The van der Waals surface area contributed by atoms with Gasteiger partial charge in [0.05, 0.1) is 36.1 Å². The molecule has 0 aromatic heterocycles. The molecule has 3 heterocycles. The van der Waals surface area contributed by atoms with Crippen LogP contribution in [0.15, 0.2) is 59.0 Å². The van der Waals surface area contributed by atoms with E-state index in [0.717, 1.165) is 12.5 Å². The van der Waals surface area contributed by atoms with E-state index in [4.69, 9.17) is 33.2 Å². The molecule has 0 aromatic carbocycles. The van der Waals surface area contributed by atoms with Crippen LogP contribution < -0.4 is 10.2 Å². The highest BCUT2D eigenvalue weighted by Crippen LogP contribution is 2.46. The molecule has 242 valence electrons. The molecule has 3 fully saturated rings. The largest absolute Gasteiger partial charge is 0.574 e. The number of hydrogen-bond acceptors (Lipinski definition) is 14. The maximum Gasteiger partial charge on any atom is 0.348 e. The maximum atomic E-state index is 12.8. The van der Waals surface area contributed by atoms with Gasteiger partial charge in [0.1, 0.15) is 5.57 Å². The van der Waals surface area contributed by atoms with Crippen LogP contribution in [0.25, 0.3) is 0 Å². The summed E-state index contributed by atoms with van der Waals surface area (Å²) in [5.74, 6) is -10.9. The van der Waals surface area contributed by atoms with E-state index < -0.39 is 70.6 Å². The number of carbonyl (C=O) groups excluding carboxylic acids is 5. The van der Waals surface area contributed by atoms with Crippen molar-refractivity contribution in [2.45, 2.75) is 89.0 Å². The topological polar surface area (TPSA) is 196 Å². The minimum Gasteiger partial charge on any atom is -0.574 e. The molecule has 5 aliphatic rings. The molecule has 3 aliphatic heterocycles. The van der Waals surface area contributed by atoms with Crippen molar-refractivity contribution >= 4 is 29.8 Å². The van der Waals surface area contributed by atoms with Crippen molar-refractivity contribution in [3.05, 3.63) is 59.0 Å². The van der Waals surface area contributed by atoms with Crippen LogP contribution in [-0.4, -0.2) is 53.8 Å². The Morgan fingerprint density at radius 2 is 1.44 bits per heavy atom. The third-order valence-corrected chi connectivity index (χ3v) is 8.33. The van der Waals surface area contributed by atoms with Gasteiger partial charge >= 0.3 is 29.8 Å². The zero-order chi connectivity index (χ0) is 32.4. The lowest BCUT2D eigenvalue weighted by atomic mass is 9.80. The highest BCUT2D eigenvalue weighted by atomic mass is 16.8. The molecule has 2 saturated carbocycles. The van der Waals surface area contributed by atoms with Crippen LogP contribution in [0.4, 0.5) is 0 Å². The van der Waals surface area contributed by atoms with E-state index in [0.29, 0.717) is 12.8 Å². The van der Waals surface area contributed by atoms with Gasteiger partial charge in [0, 0.05) is 31.6 Å². The molecule has 1 saturated heterocycles. The van der Waals surface area contributed by atoms with Crippen LogP contribution in [0.5, 0.6) is 0 Å². The van der Waals surface area contributed by atoms with Crippen LogP contribution in [0.1, 0.15) is 71.6 Å². The van der Waals surface area contributed by atoms with E-state index in [9.17, 15) is 34.2 Å². The summed E-state index contributed by atoms with van der Waals surface area (Å²) < 4.78 is 37.7. The summed E-state index contributed by atoms with van der Waals surface area (Å²) in [6.07, 6.45) is 8.27. The van der Waals surface area contributed by atoms with E-state index in [1.54, 1.807) is 6.92 Å². The molecular formula is C31H32O14-2. The highest BCUT2D eigenvalue weighted by Gasteiger charge is 2.53. The summed E-state index contributed by atoms with van der Waals surface area (Å²) in [7, 11) is 0. The molecule has 3 spiro atoms. The highest BCUT2D eigenvalue weighted by molar-refractivity contribution is 6.15. The van der Waals surface area contributed by atoms with E-state index in [-0.39, 0.29) is 56.3 Å². The first-order valence-corrected chi connectivity index (χ1v) is 14.7. The van der Waals surface area contributed by atoms with Crippen LogP contribution in [0, 0.1) is 5.92 Å². The van der Waals surface area contributed by atoms with Crippen LogP contribution in [0.2, 0.25) is 0 Å². The first-order valence-electron chi connectivity index (χ1n) is 14.7. The van der Waals surface area contributed by atoms with Gasteiger partial charge in [0.15, 0.2) is 11.6 Å². The fraction of sp³-hybridized carbons (Fsp3) is 0.516. The second-order valence-electron chi connectivity index (χ2n) is 11.3. The average molecular weight is 629 g/mol. The number of carbonyl (C=O) groups is 5. The summed E-state index contributed by atoms with van der Waals surface area (Å²) in [6.45, 7) is 3.17. The Labute approximate surface area is 257 Å². The summed E-state index contributed by atoms with van der Waals surface area (Å²) in [4.78, 5) is 62.2. The summed E-state index contributed by atoms with van der Waals surface area (Å²) in [6, 6.07) is 0. The van der Waals surface area contributed by atoms with Crippen molar-refractivity contribution in [2.75, 3.05) is 6.61 Å². The van der Waals surface area contributed by atoms with Crippen molar-refractivity contribution in [3.8, 4) is 0 Å². The minimum atomic E-state index is -1.60. The van der Waals surface area contributed by atoms with Gasteiger partial charge < -0.3 is 43.4 Å². The Balaban J connectivity index is 1.19. The average Bonchev–Trinajstić information content (AvgIpc) is 2.97. The quantitative estimate of drug-likeness (QED) is 0.134. The predicted octanol–water partition coefficient (Wildman–Crippen LogP) is 1.24. The van der Waals surface area contributed by atoms with Gasteiger partial charge in [0.2, 0.25) is 0 Å². The Morgan fingerprint density at radius 3 is 2.07 bits per heavy atom. The van der Waals surface area contributed by atoms with Gasteiger partial charge in [-0.3, -0.25) is 4.79 Å². The van der Waals surface area contributed by atoms with Crippen LogP contribution >= 0.6 is 0 Å². The van der Waals surface area contributed by atoms with E-state index in [1.807, 2.05) is 0 Å². The van der Waals surface area contributed by atoms with Gasteiger partial charge in [-0.05, 0) is 45.3 Å². The zero-order valence-corrected chi connectivity index (χ0v) is 24.8. The first kappa shape index (κ1) is 31.7. The second kappa shape index (κ2) is 12.3. The van der Waals surface area contributed by atoms with Gasteiger partial charge in [-0.2, -0.15) is 0 Å². The number of rotatable bonds is 6. The fourth-order valence-corrected chi connectivity index (χ4v) is 5.87. The van der Waals surface area contributed by atoms with Crippen molar-refractivity contribution in [1.29, 1.82) is 0 Å². The van der Waals surface area contributed by atoms with Crippen molar-refractivity contribution in [2.24, 2.45) is 5.92 Å². The van der Waals surface area contributed by atoms with Crippen molar-refractivity contribution < 1.29 is 67.3 Å². The molecule has 45 heavy (non-hydrogen) atoms. The van der Waals surface area contributed by atoms with Gasteiger partial charge in [-0.15, -0.1) is 0 Å². The predicted molar refractivity (Wildman–Crippen MR) is 142 cm³/mol. The Bertz CT molecular complexity index is 1420. The Kier molecular flexibility index (Phi) is 8.68. The van der Waals surface area contributed by atoms with Crippen LogP contribution in [0.3, 0.4) is 0 Å². The van der Waals surface area contributed by atoms with Gasteiger partial charge in [-0.1, -0.05) is 24.6 Å². The third kappa shape index (κ3) is 6.40. The summed E-state index contributed by atoms with van der Waals surface area (Å²) in [5, 5.41) is 24.8. The van der Waals surface area contributed by atoms with E-state index in [1.165, 1.54) is 31.2 Å². The SMILES string of the molecule is CCOC(=O)CC1CCCCC12OC(=O)C(/C=C/C=C/C=C1C(=O)OC3(CCC4(CC3)OC(=O)C(C)=C([O-])O4)OC1=O)=C([O-])O2. The van der Waals surface area contributed by atoms with E-state index >= 15 is 0 Å². The number of allylic oxidation sites excluding steroid dienone is 4. The molecule has 14 heteroatoms. The number of hydrogen-bond donors (Lipinski definition) is 0. The van der Waals surface area contributed by atoms with Gasteiger partial charge in [0.25, 0.3) is 5.79 Å². The molecule has 0 bridgehead atoms. The maximum absolute atomic E-state index is 12.8. The first-order chi connectivity index (χ1) is 21.4. The molecule has 2 aliphatic carbocycles. The molecule has 0 radical (unpaired) electrons. The Hall–Kier alpha value is -4.75. The lowest BCUT2D eigenvalue weighted by Gasteiger charge is -2.50. The summed E-state index contributed by atoms with van der Waals surface area (Å²) >= 11 is 0. The second-order valence-corrected chi connectivity index (χ2v) is 11.3.